The minimum atomic E-state index is -1.02. The van der Waals surface area contributed by atoms with Gasteiger partial charge in [-0.2, -0.15) is 0 Å². The molecular formula is C31H48N2O10. The predicted molar refractivity (Wildman–Crippen MR) is 159 cm³/mol. The van der Waals surface area contributed by atoms with Crippen LogP contribution in [0.4, 0.5) is 9.59 Å². The van der Waals surface area contributed by atoms with Gasteiger partial charge in [-0.1, -0.05) is 36.5 Å². The van der Waals surface area contributed by atoms with Crippen LogP contribution in [0.1, 0.15) is 73.6 Å². The maximum atomic E-state index is 11.9. The van der Waals surface area contributed by atoms with Gasteiger partial charge >= 0.3 is 30.1 Å². The number of aliphatic carboxylic acids is 1. The van der Waals surface area contributed by atoms with Crippen LogP contribution in [0.3, 0.4) is 0 Å². The number of carboxylic acid groups (broad SMARTS) is 1. The monoisotopic (exact) mass is 608 g/mol. The molecule has 0 bridgehead atoms. The molecule has 12 nitrogen and oxygen atoms in total. The number of methoxy groups -OCH3 is 2. The van der Waals surface area contributed by atoms with Crippen molar-refractivity contribution in [2.24, 2.45) is 5.92 Å². The Labute approximate surface area is 254 Å². The molecule has 0 spiro atoms. The van der Waals surface area contributed by atoms with Gasteiger partial charge in [0.05, 0.1) is 20.1 Å². The second kappa shape index (κ2) is 15.6. The molecule has 3 atom stereocenters. The average Bonchev–Trinajstić information content (AvgIpc) is 3.60. The van der Waals surface area contributed by atoms with Gasteiger partial charge in [0.15, 0.2) is 0 Å². The van der Waals surface area contributed by atoms with Crippen molar-refractivity contribution >= 4 is 30.1 Å². The second-order valence-electron chi connectivity index (χ2n) is 12.7. The zero-order valence-corrected chi connectivity index (χ0v) is 26.8. The molecule has 0 radical (unpaired) electrons. The van der Waals surface area contributed by atoms with Gasteiger partial charge in [-0.05, 0) is 60.8 Å². The number of hydrogen-bond acceptors (Lipinski definition) is 9. The standard InChI is InChI=1S/C12H19NO4.C11H17NO4.C8H12O2/c1-8-6-9(10(14)16-5)13(7-8)11(15)17-12(2,3)4;1-7-5-8(9(13)14)12(6-7)10(15)16-11(2,3)4;1-6-3-4-7(5-6)8(9)10-2/h9H,1,6-7H2,2-5H3;8H,1,5-6H2,2-4H3,(H,13,14);7H,1,3-5H2,2H3/t9-;8-;7-/m000/s1. The van der Waals surface area contributed by atoms with Crippen molar-refractivity contribution in [2.75, 3.05) is 27.3 Å². The van der Waals surface area contributed by atoms with Crippen LogP contribution in [0.15, 0.2) is 36.5 Å². The van der Waals surface area contributed by atoms with Gasteiger partial charge in [-0.25, -0.2) is 19.2 Å². The molecule has 0 aromatic heterocycles. The highest BCUT2D eigenvalue weighted by Gasteiger charge is 2.39. The second-order valence-corrected chi connectivity index (χ2v) is 12.7. The fraction of sp³-hybridized carbons (Fsp3) is 0.645. The SMILES string of the molecule is C=C1CC[C@H](C(=O)OC)C1.C=C1C[C@@H](C(=O)O)N(C(=O)OC(C)(C)C)C1.C=C1C[C@@H](C(=O)OC)N(C(=O)OC(C)(C)C)C1. The Balaban J connectivity index is 0.000000333. The summed E-state index contributed by atoms with van der Waals surface area (Å²) in [5.74, 6) is -1.45. The molecule has 3 aliphatic rings. The first-order chi connectivity index (χ1) is 19.7. The van der Waals surface area contributed by atoms with E-state index in [9.17, 15) is 24.0 Å². The van der Waals surface area contributed by atoms with E-state index in [1.807, 2.05) is 0 Å². The maximum Gasteiger partial charge on any atom is 0.411 e. The summed E-state index contributed by atoms with van der Waals surface area (Å²) in [6.07, 6.45) is 2.36. The van der Waals surface area contributed by atoms with Crippen molar-refractivity contribution in [3.63, 3.8) is 0 Å². The van der Waals surface area contributed by atoms with Crippen molar-refractivity contribution in [3.05, 3.63) is 36.5 Å². The third-order valence-corrected chi connectivity index (χ3v) is 6.43. The molecule has 3 rings (SSSR count). The van der Waals surface area contributed by atoms with Gasteiger partial charge in [0.2, 0.25) is 0 Å². The van der Waals surface area contributed by atoms with Gasteiger partial charge in [0, 0.05) is 25.9 Å². The highest BCUT2D eigenvalue weighted by Crippen LogP contribution is 2.29. The molecule has 0 aromatic rings. The van der Waals surface area contributed by atoms with Gasteiger partial charge < -0.3 is 24.1 Å². The van der Waals surface area contributed by atoms with Crippen LogP contribution in [0.25, 0.3) is 0 Å². The first-order valence-corrected chi connectivity index (χ1v) is 14.1. The third kappa shape index (κ3) is 12.5. The molecule has 0 unspecified atom stereocenters. The van der Waals surface area contributed by atoms with Crippen LogP contribution in [-0.2, 0) is 33.3 Å². The highest BCUT2D eigenvalue weighted by molar-refractivity contribution is 5.83. The number of esters is 2. The molecule has 242 valence electrons. The van der Waals surface area contributed by atoms with Crippen LogP contribution in [-0.4, -0.2) is 95.6 Å². The number of rotatable bonds is 3. The Morgan fingerprint density at radius 2 is 1.12 bits per heavy atom. The van der Waals surface area contributed by atoms with E-state index < -0.39 is 47.4 Å². The van der Waals surface area contributed by atoms with E-state index in [1.165, 1.54) is 29.6 Å². The van der Waals surface area contributed by atoms with Crippen molar-refractivity contribution in [2.45, 2.75) is 96.9 Å². The highest BCUT2D eigenvalue weighted by atomic mass is 16.6. The van der Waals surface area contributed by atoms with Crippen molar-refractivity contribution < 1.29 is 48.0 Å². The van der Waals surface area contributed by atoms with E-state index in [0.29, 0.717) is 19.4 Å². The lowest BCUT2D eigenvalue weighted by Gasteiger charge is -2.27. The van der Waals surface area contributed by atoms with Crippen molar-refractivity contribution in [1.29, 1.82) is 0 Å². The number of hydrogen-bond donors (Lipinski definition) is 1. The third-order valence-electron chi connectivity index (χ3n) is 6.43. The molecule has 2 saturated heterocycles. The molecular weight excluding hydrogens is 560 g/mol. The number of amides is 2. The molecule has 2 heterocycles. The summed E-state index contributed by atoms with van der Waals surface area (Å²) in [4.78, 5) is 59.5. The first-order valence-electron chi connectivity index (χ1n) is 14.1. The van der Waals surface area contributed by atoms with Crippen molar-refractivity contribution in [3.8, 4) is 0 Å². The minimum Gasteiger partial charge on any atom is -0.480 e. The molecule has 1 aliphatic carbocycles. The average molecular weight is 609 g/mol. The maximum absolute atomic E-state index is 11.9. The van der Waals surface area contributed by atoms with Crippen LogP contribution < -0.4 is 0 Å². The number of likely N-dealkylation sites (tertiary alicyclic amines) is 2. The Morgan fingerprint density at radius 3 is 1.47 bits per heavy atom. The number of carbonyl (C=O) groups excluding carboxylic acids is 4. The molecule has 3 fully saturated rings. The van der Waals surface area contributed by atoms with Crippen LogP contribution >= 0.6 is 0 Å². The smallest absolute Gasteiger partial charge is 0.411 e. The van der Waals surface area contributed by atoms with E-state index in [-0.39, 0.29) is 18.4 Å². The summed E-state index contributed by atoms with van der Waals surface area (Å²) in [7, 11) is 2.74. The zero-order chi connectivity index (χ0) is 33.3. The van der Waals surface area contributed by atoms with Gasteiger partial charge in [0.25, 0.3) is 0 Å². The van der Waals surface area contributed by atoms with E-state index >= 15 is 0 Å². The summed E-state index contributed by atoms with van der Waals surface area (Å²) in [6.45, 7) is 22.5. The number of allylic oxidation sites excluding steroid dienone is 1. The lowest BCUT2D eigenvalue weighted by Crippen LogP contribution is -2.43. The van der Waals surface area contributed by atoms with Crippen LogP contribution in [0.5, 0.6) is 0 Å². The molecule has 12 heteroatoms. The van der Waals surface area contributed by atoms with Gasteiger partial charge in [-0.15, -0.1) is 0 Å². The molecule has 1 N–H and O–H groups in total. The van der Waals surface area contributed by atoms with E-state index in [1.54, 1.807) is 41.5 Å². The Morgan fingerprint density at radius 1 is 0.698 bits per heavy atom. The largest absolute Gasteiger partial charge is 0.480 e. The van der Waals surface area contributed by atoms with E-state index in [2.05, 4.69) is 29.2 Å². The molecule has 0 aromatic carbocycles. The minimum absolute atomic E-state index is 0.0846. The normalized spacial score (nSPS) is 21.7. The summed E-state index contributed by atoms with van der Waals surface area (Å²) in [5, 5.41) is 8.96. The Bertz CT molecular complexity index is 1100. The van der Waals surface area contributed by atoms with Crippen LogP contribution in [0.2, 0.25) is 0 Å². The lowest BCUT2D eigenvalue weighted by atomic mass is 10.1. The molecule has 43 heavy (non-hydrogen) atoms. The Hall–Kier alpha value is -3.83. The number of carboxylic acids is 1. The van der Waals surface area contributed by atoms with Gasteiger partial charge in [-0.3, -0.25) is 14.6 Å². The first kappa shape index (κ1) is 37.2. The number of ether oxygens (including phenoxy) is 4. The number of carbonyl (C=O) groups is 5. The van der Waals surface area contributed by atoms with E-state index in [0.717, 1.165) is 30.4 Å². The van der Waals surface area contributed by atoms with E-state index in [4.69, 9.17) is 14.6 Å². The molecule has 2 aliphatic heterocycles. The van der Waals surface area contributed by atoms with Gasteiger partial charge in [0.1, 0.15) is 23.3 Å². The number of nitrogens with zero attached hydrogens (tertiary/aromatic N) is 2. The lowest BCUT2D eigenvalue weighted by molar-refractivity contribution is -0.146. The summed E-state index contributed by atoms with van der Waals surface area (Å²) in [6, 6.07) is -1.45. The summed E-state index contributed by atoms with van der Waals surface area (Å²) in [5.41, 5.74) is 1.53. The fourth-order valence-electron chi connectivity index (χ4n) is 4.49. The molecule has 1 saturated carbocycles. The Kier molecular flexibility index (Phi) is 13.5. The fourth-order valence-corrected chi connectivity index (χ4v) is 4.49. The summed E-state index contributed by atoms with van der Waals surface area (Å²) >= 11 is 0. The summed E-state index contributed by atoms with van der Waals surface area (Å²) < 4.78 is 19.6. The predicted octanol–water partition coefficient (Wildman–Crippen LogP) is 4.88. The van der Waals surface area contributed by atoms with Crippen LogP contribution in [0, 0.1) is 5.92 Å². The topological polar surface area (TPSA) is 149 Å². The zero-order valence-electron chi connectivity index (χ0n) is 26.8. The quantitative estimate of drug-likeness (QED) is 0.267. The molecule has 2 amide bonds. The van der Waals surface area contributed by atoms with Crippen molar-refractivity contribution in [1.82, 2.24) is 9.80 Å².